The molecule has 1 saturated heterocycles. The van der Waals surface area contributed by atoms with Crippen LogP contribution in [0.3, 0.4) is 0 Å². The Hall–Kier alpha value is -1.75. The minimum absolute atomic E-state index is 0.0150. The van der Waals surface area contributed by atoms with Crippen molar-refractivity contribution in [1.82, 2.24) is 4.90 Å². The molecule has 0 radical (unpaired) electrons. The summed E-state index contributed by atoms with van der Waals surface area (Å²) in [5.41, 5.74) is 0.807. The van der Waals surface area contributed by atoms with Crippen LogP contribution in [0.25, 0.3) is 6.08 Å². The Morgan fingerprint density at radius 2 is 1.90 bits per heavy atom. The first-order valence-corrected chi connectivity index (χ1v) is 12.1. The molecule has 0 aliphatic carbocycles. The van der Waals surface area contributed by atoms with Crippen molar-refractivity contribution in [1.29, 1.82) is 0 Å². The lowest BCUT2D eigenvalue weighted by Gasteiger charge is -2.20. The van der Waals surface area contributed by atoms with Gasteiger partial charge in [-0.3, -0.25) is 14.7 Å². The minimum Gasteiger partial charge on any atom is -0.490 e. The normalized spacial score (nSPS) is 16.7. The monoisotopic (exact) mass is 560 g/mol. The van der Waals surface area contributed by atoms with Gasteiger partial charge in [0.2, 0.25) is 0 Å². The third kappa shape index (κ3) is 6.86. The predicted octanol–water partition coefficient (Wildman–Crippen LogP) is 4.72. The molecule has 0 bridgehead atoms. The van der Waals surface area contributed by atoms with E-state index in [2.05, 4.69) is 27.6 Å². The van der Waals surface area contributed by atoms with Gasteiger partial charge in [-0.15, -0.1) is 0 Å². The zero-order chi connectivity index (χ0) is 23.1. The highest BCUT2D eigenvalue weighted by molar-refractivity contribution is 14.1. The van der Waals surface area contributed by atoms with Crippen LogP contribution in [0.1, 0.15) is 47.1 Å². The van der Waals surface area contributed by atoms with Crippen molar-refractivity contribution in [3.63, 3.8) is 0 Å². The molecule has 1 heterocycles. The van der Waals surface area contributed by atoms with Crippen LogP contribution in [0.2, 0.25) is 0 Å². The fourth-order valence-electron chi connectivity index (χ4n) is 2.81. The van der Waals surface area contributed by atoms with Crippen LogP contribution >= 0.6 is 34.4 Å². The second-order valence-corrected chi connectivity index (χ2v) is 9.41. The zero-order valence-electron chi connectivity index (χ0n) is 18.7. The highest BCUT2D eigenvalue weighted by atomic mass is 127. The summed E-state index contributed by atoms with van der Waals surface area (Å²) in [6, 6.07) is 3.81. The molecule has 2 rings (SSSR count). The molecule has 1 amide bonds. The first kappa shape index (κ1) is 25.5. The van der Waals surface area contributed by atoms with Gasteiger partial charge in [0.1, 0.15) is 0 Å². The first-order valence-electron chi connectivity index (χ1n) is 10.2. The number of amidine groups is 1. The fraction of sp³-hybridized carbons (Fsp3) is 0.500. The topological polar surface area (TPSA) is 77.4 Å². The van der Waals surface area contributed by atoms with E-state index in [1.807, 2.05) is 52.8 Å². The summed E-state index contributed by atoms with van der Waals surface area (Å²) >= 11 is 3.51. The zero-order valence-corrected chi connectivity index (χ0v) is 21.7. The summed E-state index contributed by atoms with van der Waals surface area (Å²) in [5.74, 6) is 0.493. The maximum atomic E-state index is 13.0. The smallest absolute Gasteiger partial charge is 0.344 e. The van der Waals surface area contributed by atoms with Crippen LogP contribution in [-0.4, -0.2) is 53.8 Å². The SMILES string of the molecule is CCOC(=O)COc1c(I)cc(/C=C2/SC(=NC(C)C)N(C(C)C)C2=O)cc1OCC. The van der Waals surface area contributed by atoms with E-state index in [1.54, 1.807) is 11.8 Å². The van der Waals surface area contributed by atoms with Gasteiger partial charge in [-0.2, -0.15) is 0 Å². The molecule has 31 heavy (non-hydrogen) atoms. The van der Waals surface area contributed by atoms with E-state index in [4.69, 9.17) is 14.2 Å². The van der Waals surface area contributed by atoms with Crippen LogP contribution in [0, 0.1) is 3.57 Å². The molecule has 1 aliphatic rings. The van der Waals surface area contributed by atoms with Crippen molar-refractivity contribution in [3.05, 3.63) is 26.2 Å². The summed E-state index contributed by atoms with van der Waals surface area (Å²) in [4.78, 5) is 31.6. The average Bonchev–Trinajstić information content (AvgIpc) is 2.95. The number of carbonyl (C=O) groups excluding carboxylic acids is 2. The molecule has 0 spiro atoms. The van der Waals surface area contributed by atoms with Gasteiger partial charge >= 0.3 is 5.97 Å². The average molecular weight is 560 g/mol. The Kier molecular flexibility index (Phi) is 9.67. The van der Waals surface area contributed by atoms with Gasteiger partial charge in [-0.05, 0) is 99.7 Å². The lowest BCUT2D eigenvalue weighted by Crippen LogP contribution is -2.35. The van der Waals surface area contributed by atoms with Gasteiger partial charge < -0.3 is 14.2 Å². The number of rotatable bonds is 9. The molecule has 1 aliphatic heterocycles. The number of ether oxygens (including phenoxy) is 3. The molecule has 0 aromatic heterocycles. The summed E-state index contributed by atoms with van der Waals surface area (Å²) in [7, 11) is 0. The first-order chi connectivity index (χ1) is 14.7. The van der Waals surface area contributed by atoms with E-state index in [-0.39, 0.29) is 24.6 Å². The summed E-state index contributed by atoms with van der Waals surface area (Å²) < 4.78 is 17.1. The van der Waals surface area contributed by atoms with Gasteiger partial charge in [0.15, 0.2) is 23.3 Å². The highest BCUT2D eigenvalue weighted by Gasteiger charge is 2.35. The Labute approximate surface area is 201 Å². The van der Waals surface area contributed by atoms with E-state index >= 15 is 0 Å². The van der Waals surface area contributed by atoms with Gasteiger partial charge in [0.05, 0.1) is 21.7 Å². The van der Waals surface area contributed by atoms with E-state index in [1.165, 1.54) is 11.8 Å². The number of benzene rings is 1. The molecule has 0 N–H and O–H groups in total. The molecule has 0 unspecified atom stereocenters. The largest absolute Gasteiger partial charge is 0.490 e. The molecule has 0 atom stereocenters. The van der Waals surface area contributed by atoms with Crippen LogP contribution in [0.15, 0.2) is 22.0 Å². The third-order valence-electron chi connectivity index (χ3n) is 3.99. The molecule has 1 aromatic rings. The Morgan fingerprint density at radius 3 is 2.48 bits per heavy atom. The van der Waals surface area contributed by atoms with Crippen molar-refractivity contribution < 1.29 is 23.8 Å². The number of aliphatic imine (C=N–C) groups is 1. The number of halogens is 1. The number of thioether (sulfide) groups is 1. The maximum Gasteiger partial charge on any atom is 0.344 e. The van der Waals surface area contributed by atoms with E-state index in [9.17, 15) is 9.59 Å². The van der Waals surface area contributed by atoms with Crippen LogP contribution in [-0.2, 0) is 14.3 Å². The fourth-order valence-corrected chi connectivity index (χ4v) is 4.83. The number of nitrogens with zero attached hydrogens (tertiary/aromatic N) is 2. The minimum atomic E-state index is -0.439. The molecule has 170 valence electrons. The highest BCUT2D eigenvalue weighted by Crippen LogP contribution is 2.38. The Bertz CT molecular complexity index is 883. The maximum absolute atomic E-state index is 13.0. The lowest BCUT2D eigenvalue weighted by molar-refractivity contribution is -0.145. The third-order valence-corrected chi connectivity index (χ3v) is 5.79. The van der Waals surface area contributed by atoms with Gasteiger partial charge in [-0.1, -0.05) is 0 Å². The molecule has 9 heteroatoms. The van der Waals surface area contributed by atoms with Crippen molar-refractivity contribution in [2.75, 3.05) is 19.8 Å². The van der Waals surface area contributed by atoms with Crippen LogP contribution in [0.5, 0.6) is 11.5 Å². The van der Waals surface area contributed by atoms with E-state index < -0.39 is 5.97 Å². The number of hydrogen-bond donors (Lipinski definition) is 0. The van der Waals surface area contributed by atoms with Crippen LogP contribution < -0.4 is 9.47 Å². The summed E-state index contributed by atoms with van der Waals surface area (Å²) in [6.45, 7) is 12.1. The predicted molar refractivity (Wildman–Crippen MR) is 133 cm³/mol. The van der Waals surface area contributed by atoms with Gasteiger partial charge in [0.25, 0.3) is 5.91 Å². The van der Waals surface area contributed by atoms with Gasteiger partial charge in [0, 0.05) is 12.1 Å². The number of hydrogen-bond acceptors (Lipinski definition) is 7. The van der Waals surface area contributed by atoms with E-state index in [0.717, 1.165) is 14.3 Å². The molecular weight excluding hydrogens is 531 g/mol. The lowest BCUT2D eigenvalue weighted by atomic mass is 10.1. The van der Waals surface area contributed by atoms with Crippen molar-refractivity contribution in [2.45, 2.75) is 53.6 Å². The summed E-state index contributed by atoms with van der Waals surface area (Å²) in [6.07, 6.45) is 1.84. The Balaban J connectivity index is 2.37. The summed E-state index contributed by atoms with van der Waals surface area (Å²) in [5, 5.41) is 0.718. The number of amides is 1. The van der Waals surface area contributed by atoms with Crippen LogP contribution in [0.4, 0.5) is 0 Å². The Morgan fingerprint density at radius 1 is 1.19 bits per heavy atom. The second-order valence-electron chi connectivity index (χ2n) is 7.24. The molecule has 7 nitrogen and oxygen atoms in total. The van der Waals surface area contributed by atoms with E-state index in [0.29, 0.717) is 29.6 Å². The number of esters is 1. The standard InChI is InChI=1S/C22H29IN2O5S/c1-7-28-17-10-15(9-16(23)20(17)30-12-19(26)29-8-2)11-18-21(27)25(14(5)6)22(31-18)24-13(3)4/h9-11,13-14H,7-8,12H2,1-6H3/b18-11+,24-22?. The quantitative estimate of drug-likeness (QED) is 0.247. The second kappa shape index (κ2) is 11.8. The van der Waals surface area contributed by atoms with Crippen molar-refractivity contribution >= 4 is 57.5 Å². The van der Waals surface area contributed by atoms with Gasteiger partial charge in [-0.25, -0.2) is 4.79 Å². The molecule has 1 aromatic carbocycles. The molecule has 0 saturated carbocycles. The van der Waals surface area contributed by atoms with Crippen molar-refractivity contribution in [2.24, 2.45) is 4.99 Å². The molecule has 1 fully saturated rings. The number of carbonyl (C=O) groups is 2. The molecular formula is C22H29IN2O5S. The van der Waals surface area contributed by atoms with Crippen molar-refractivity contribution in [3.8, 4) is 11.5 Å².